The SMILES string of the molecule is CCCC(=O)O.CCN(CC)C(C)O. The molecule has 0 saturated carbocycles. The Morgan fingerprint density at radius 1 is 1.29 bits per heavy atom. The molecule has 0 radical (unpaired) electrons. The van der Waals surface area contributed by atoms with Gasteiger partial charge in [0, 0.05) is 6.42 Å². The first-order valence-electron chi connectivity index (χ1n) is 5.13. The van der Waals surface area contributed by atoms with Crippen LogP contribution in [0.1, 0.15) is 40.5 Å². The fourth-order valence-corrected chi connectivity index (χ4v) is 0.966. The van der Waals surface area contributed by atoms with Gasteiger partial charge in [-0.2, -0.15) is 0 Å². The van der Waals surface area contributed by atoms with Crippen molar-refractivity contribution in [3.63, 3.8) is 0 Å². The average molecular weight is 205 g/mol. The second kappa shape index (κ2) is 10.5. The van der Waals surface area contributed by atoms with E-state index in [1.165, 1.54) is 0 Å². The number of aliphatic carboxylic acids is 1. The molecular formula is C10H23NO3. The topological polar surface area (TPSA) is 60.8 Å². The molecule has 0 aliphatic carbocycles. The molecule has 0 aromatic rings. The van der Waals surface area contributed by atoms with Crippen LogP contribution in [0.5, 0.6) is 0 Å². The zero-order valence-corrected chi connectivity index (χ0v) is 9.66. The van der Waals surface area contributed by atoms with Gasteiger partial charge in [0.25, 0.3) is 0 Å². The summed E-state index contributed by atoms with van der Waals surface area (Å²) in [5.41, 5.74) is 0. The minimum Gasteiger partial charge on any atom is -0.481 e. The standard InChI is InChI=1S/C6H15NO.C4H8O2/c1-4-7(5-2)6(3)8;1-2-3-4(5)6/h6,8H,4-5H2,1-3H3;2-3H2,1H3,(H,5,6). The van der Waals surface area contributed by atoms with Crippen LogP contribution in [0.25, 0.3) is 0 Å². The van der Waals surface area contributed by atoms with E-state index >= 15 is 0 Å². The summed E-state index contributed by atoms with van der Waals surface area (Å²) < 4.78 is 0. The van der Waals surface area contributed by atoms with Crippen LogP contribution in [0.3, 0.4) is 0 Å². The first-order chi connectivity index (χ1) is 6.49. The van der Waals surface area contributed by atoms with Crippen LogP contribution in [-0.4, -0.2) is 40.4 Å². The highest BCUT2D eigenvalue weighted by Gasteiger charge is 2.02. The van der Waals surface area contributed by atoms with Gasteiger partial charge in [0.2, 0.25) is 0 Å². The monoisotopic (exact) mass is 205 g/mol. The number of aliphatic hydroxyl groups excluding tert-OH is 1. The molecule has 0 fully saturated rings. The van der Waals surface area contributed by atoms with Gasteiger partial charge in [0.15, 0.2) is 0 Å². The molecular weight excluding hydrogens is 182 g/mol. The molecule has 0 heterocycles. The van der Waals surface area contributed by atoms with E-state index in [1.54, 1.807) is 6.92 Å². The fourth-order valence-electron chi connectivity index (χ4n) is 0.966. The van der Waals surface area contributed by atoms with Gasteiger partial charge in [-0.05, 0) is 26.4 Å². The van der Waals surface area contributed by atoms with Crippen LogP contribution in [0.15, 0.2) is 0 Å². The number of nitrogens with zero attached hydrogens (tertiary/aromatic N) is 1. The molecule has 0 spiro atoms. The van der Waals surface area contributed by atoms with Gasteiger partial charge in [-0.3, -0.25) is 9.69 Å². The zero-order valence-electron chi connectivity index (χ0n) is 9.66. The number of rotatable bonds is 5. The summed E-state index contributed by atoms with van der Waals surface area (Å²) >= 11 is 0. The van der Waals surface area contributed by atoms with Crippen molar-refractivity contribution in [1.82, 2.24) is 4.90 Å². The highest BCUT2D eigenvalue weighted by molar-refractivity contribution is 5.66. The van der Waals surface area contributed by atoms with Crippen molar-refractivity contribution in [3.05, 3.63) is 0 Å². The minimum atomic E-state index is -0.711. The molecule has 0 rings (SSSR count). The molecule has 0 aromatic carbocycles. The Kier molecular flexibility index (Phi) is 11.9. The highest BCUT2D eigenvalue weighted by Crippen LogP contribution is 1.91. The lowest BCUT2D eigenvalue weighted by Crippen LogP contribution is -2.32. The first kappa shape index (κ1) is 15.8. The predicted octanol–water partition coefficient (Wildman–Crippen LogP) is 1.54. The second-order valence-electron chi connectivity index (χ2n) is 3.00. The third-order valence-electron chi connectivity index (χ3n) is 1.80. The summed E-state index contributed by atoms with van der Waals surface area (Å²) in [5, 5.41) is 16.9. The van der Waals surface area contributed by atoms with Crippen LogP contribution in [0.4, 0.5) is 0 Å². The maximum atomic E-state index is 9.60. The Labute approximate surface area is 86.5 Å². The first-order valence-corrected chi connectivity index (χ1v) is 5.13. The van der Waals surface area contributed by atoms with E-state index in [9.17, 15) is 4.79 Å². The number of aliphatic hydroxyl groups is 1. The molecule has 1 unspecified atom stereocenters. The van der Waals surface area contributed by atoms with Gasteiger partial charge in [0.05, 0.1) is 0 Å². The molecule has 0 amide bonds. The average Bonchev–Trinajstić information content (AvgIpc) is 2.06. The molecule has 4 heteroatoms. The normalized spacial score (nSPS) is 11.9. The van der Waals surface area contributed by atoms with Crippen molar-refractivity contribution >= 4 is 5.97 Å². The lowest BCUT2D eigenvalue weighted by atomic mass is 10.4. The molecule has 1 atom stereocenters. The van der Waals surface area contributed by atoms with Gasteiger partial charge < -0.3 is 10.2 Å². The minimum absolute atomic E-state index is 0.287. The number of carboxylic acids is 1. The van der Waals surface area contributed by atoms with E-state index in [0.717, 1.165) is 19.5 Å². The third kappa shape index (κ3) is 11.4. The van der Waals surface area contributed by atoms with Crippen LogP contribution >= 0.6 is 0 Å². The molecule has 14 heavy (non-hydrogen) atoms. The van der Waals surface area contributed by atoms with Crippen molar-refractivity contribution < 1.29 is 15.0 Å². The molecule has 0 saturated heterocycles. The van der Waals surface area contributed by atoms with Crippen molar-refractivity contribution in [2.75, 3.05) is 13.1 Å². The number of carboxylic acid groups (broad SMARTS) is 1. The summed E-state index contributed by atoms with van der Waals surface area (Å²) in [4.78, 5) is 11.6. The van der Waals surface area contributed by atoms with Crippen molar-refractivity contribution in [2.24, 2.45) is 0 Å². The van der Waals surface area contributed by atoms with Gasteiger partial charge >= 0.3 is 5.97 Å². The Balaban J connectivity index is 0. The van der Waals surface area contributed by atoms with Crippen LogP contribution in [-0.2, 0) is 4.79 Å². The van der Waals surface area contributed by atoms with Gasteiger partial charge in [-0.25, -0.2) is 0 Å². The van der Waals surface area contributed by atoms with E-state index < -0.39 is 5.97 Å². The summed E-state index contributed by atoms with van der Waals surface area (Å²) in [6, 6.07) is 0. The largest absolute Gasteiger partial charge is 0.481 e. The number of carbonyl (C=O) groups is 1. The van der Waals surface area contributed by atoms with Gasteiger partial charge in [-0.1, -0.05) is 20.8 Å². The van der Waals surface area contributed by atoms with E-state index in [2.05, 4.69) is 0 Å². The Hall–Kier alpha value is -0.610. The highest BCUT2D eigenvalue weighted by atomic mass is 16.4. The molecule has 4 nitrogen and oxygen atoms in total. The maximum absolute atomic E-state index is 9.60. The lowest BCUT2D eigenvalue weighted by molar-refractivity contribution is -0.137. The fraction of sp³-hybridized carbons (Fsp3) is 0.900. The van der Waals surface area contributed by atoms with Crippen LogP contribution < -0.4 is 0 Å². The smallest absolute Gasteiger partial charge is 0.303 e. The summed E-state index contributed by atoms with van der Waals surface area (Å²) in [5.74, 6) is -0.711. The third-order valence-corrected chi connectivity index (χ3v) is 1.80. The van der Waals surface area contributed by atoms with Crippen molar-refractivity contribution in [3.8, 4) is 0 Å². The molecule has 0 bridgehead atoms. The Morgan fingerprint density at radius 2 is 1.71 bits per heavy atom. The quantitative estimate of drug-likeness (QED) is 0.668. The van der Waals surface area contributed by atoms with Crippen molar-refractivity contribution in [2.45, 2.75) is 46.8 Å². The summed E-state index contributed by atoms with van der Waals surface area (Å²) in [6.45, 7) is 9.55. The van der Waals surface area contributed by atoms with Crippen LogP contribution in [0.2, 0.25) is 0 Å². The van der Waals surface area contributed by atoms with Gasteiger partial charge in [-0.15, -0.1) is 0 Å². The second-order valence-corrected chi connectivity index (χ2v) is 3.00. The molecule has 0 aliphatic heterocycles. The van der Waals surface area contributed by atoms with E-state index in [0.29, 0.717) is 6.42 Å². The van der Waals surface area contributed by atoms with Crippen molar-refractivity contribution in [1.29, 1.82) is 0 Å². The Bertz CT molecular complexity index is 133. The lowest BCUT2D eigenvalue weighted by Gasteiger charge is -2.20. The summed E-state index contributed by atoms with van der Waals surface area (Å²) in [6.07, 6.45) is 0.736. The maximum Gasteiger partial charge on any atom is 0.303 e. The van der Waals surface area contributed by atoms with E-state index in [-0.39, 0.29) is 6.23 Å². The van der Waals surface area contributed by atoms with E-state index in [4.69, 9.17) is 10.2 Å². The van der Waals surface area contributed by atoms with Gasteiger partial charge in [0.1, 0.15) is 6.23 Å². The molecule has 0 aliphatic rings. The summed E-state index contributed by atoms with van der Waals surface area (Å²) in [7, 11) is 0. The number of hydrogen-bond donors (Lipinski definition) is 2. The molecule has 86 valence electrons. The van der Waals surface area contributed by atoms with Crippen LogP contribution in [0, 0.1) is 0 Å². The predicted molar refractivity (Wildman–Crippen MR) is 57.1 cm³/mol. The molecule has 2 N–H and O–H groups in total. The zero-order chi connectivity index (χ0) is 11.6. The number of hydrogen-bond acceptors (Lipinski definition) is 3. The molecule has 0 aromatic heterocycles. The Morgan fingerprint density at radius 3 is 1.71 bits per heavy atom. The van der Waals surface area contributed by atoms with E-state index in [1.807, 2.05) is 25.7 Å².